The average molecular weight is 323 g/mol. The maximum Gasteiger partial charge on any atom is 0.182 e. The molecule has 0 aliphatic rings. The zero-order valence-corrected chi connectivity index (χ0v) is 13.8. The Kier molecular flexibility index (Phi) is 4.86. The van der Waals surface area contributed by atoms with E-state index in [1.54, 1.807) is 4.68 Å². The van der Waals surface area contributed by atoms with Gasteiger partial charge >= 0.3 is 0 Å². The van der Waals surface area contributed by atoms with Crippen molar-refractivity contribution in [3.63, 3.8) is 0 Å². The number of anilines is 1. The van der Waals surface area contributed by atoms with E-state index in [2.05, 4.69) is 46.8 Å². The van der Waals surface area contributed by atoms with Gasteiger partial charge in [0.25, 0.3) is 0 Å². The van der Waals surface area contributed by atoms with Crippen LogP contribution in [0.25, 0.3) is 11.4 Å². The molecule has 0 aliphatic heterocycles. The molecule has 1 aromatic heterocycles. The van der Waals surface area contributed by atoms with Gasteiger partial charge in [0.1, 0.15) is 0 Å². The Hall–Kier alpha value is -2.73. The molecule has 0 radical (unpaired) electrons. The molecule has 0 amide bonds. The molecule has 24 heavy (non-hydrogen) atoms. The third-order valence-electron chi connectivity index (χ3n) is 4.00. The van der Waals surface area contributed by atoms with Gasteiger partial charge in [0.2, 0.25) is 0 Å². The lowest BCUT2D eigenvalue weighted by molar-refractivity contribution is 0.161. The monoisotopic (exact) mass is 323 g/mol. The number of aryl methyl sites for hydroxylation is 2. The fraction of sp³-hybridized carbons (Fsp3) is 0.278. The number of nitrogens with one attached hydrogen (secondary N) is 1. The quantitative estimate of drug-likeness (QED) is 0.728. The molecule has 0 aliphatic carbocycles. The molecule has 3 aromatic rings. The lowest BCUT2D eigenvalue weighted by Gasteiger charge is -2.14. The van der Waals surface area contributed by atoms with Crippen LogP contribution in [0.4, 0.5) is 5.69 Å². The molecule has 6 nitrogen and oxygen atoms in total. The van der Waals surface area contributed by atoms with Gasteiger partial charge in [0, 0.05) is 17.8 Å². The van der Waals surface area contributed by atoms with E-state index in [4.69, 9.17) is 0 Å². The molecule has 3 rings (SSSR count). The summed E-state index contributed by atoms with van der Waals surface area (Å²) in [6.45, 7) is 4.91. The van der Waals surface area contributed by atoms with E-state index in [9.17, 15) is 5.11 Å². The van der Waals surface area contributed by atoms with Crippen molar-refractivity contribution in [1.29, 1.82) is 0 Å². The average Bonchev–Trinajstić information content (AvgIpc) is 3.05. The summed E-state index contributed by atoms with van der Waals surface area (Å²) in [6.07, 6.45) is -0.599. The lowest BCUT2D eigenvalue weighted by Crippen LogP contribution is -2.26. The van der Waals surface area contributed by atoms with Crippen LogP contribution in [-0.2, 0) is 6.54 Å². The van der Waals surface area contributed by atoms with Gasteiger partial charge in [0.05, 0.1) is 12.6 Å². The van der Waals surface area contributed by atoms with Gasteiger partial charge in [-0.05, 0) is 47.5 Å². The van der Waals surface area contributed by atoms with Crippen molar-refractivity contribution >= 4 is 5.69 Å². The first-order valence-electron chi connectivity index (χ1n) is 7.94. The molecule has 2 N–H and O–H groups in total. The van der Waals surface area contributed by atoms with Gasteiger partial charge in [-0.15, -0.1) is 5.10 Å². The third kappa shape index (κ3) is 3.78. The standard InChI is InChI=1S/C18H21N5O/c1-13-8-9-16(10-14(13)2)19-11-17(24)12-23-18(20-21-22-23)15-6-4-3-5-7-15/h3-10,17,19,24H,11-12H2,1-2H3. The van der Waals surface area contributed by atoms with E-state index in [1.807, 2.05) is 36.4 Å². The zero-order valence-electron chi connectivity index (χ0n) is 13.8. The maximum atomic E-state index is 10.3. The van der Waals surface area contributed by atoms with Crippen LogP contribution in [0.15, 0.2) is 48.5 Å². The normalized spacial score (nSPS) is 12.1. The maximum absolute atomic E-state index is 10.3. The smallest absolute Gasteiger partial charge is 0.182 e. The van der Waals surface area contributed by atoms with Crippen molar-refractivity contribution < 1.29 is 5.11 Å². The van der Waals surface area contributed by atoms with Crippen molar-refractivity contribution in [3.8, 4) is 11.4 Å². The molecular formula is C18H21N5O. The Morgan fingerprint density at radius 2 is 1.88 bits per heavy atom. The SMILES string of the molecule is Cc1ccc(NCC(O)Cn2nnnc2-c2ccccc2)cc1C. The van der Waals surface area contributed by atoms with Crippen LogP contribution in [0.5, 0.6) is 0 Å². The second kappa shape index (κ2) is 7.23. The first-order chi connectivity index (χ1) is 11.6. The van der Waals surface area contributed by atoms with E-state index in [-0.39, 0.29) is 0 Å². The summed E-state index contributed by atoms with van der Waals surface area (Å²) < 4.78 is 1.63. The Morgan fingerprint density at radius 3 is 2.62 bits per heavy atom. The second-order valence-corrected chi connectivity index (χ2v) is 5.88. The highest BCUT2D eigenvalue weighted by Gasteiger charge is 2.13. The molecule has 2 aromatic carbocycles. The minimum atomic E-state index is -0.599. The van der Waals surface area contributed by atoms with Crippen molar-refractivity contribution in [2.45, 2.75) is 26.5 Å². The molecule has 1 heterocycles. The Balaban J connectivity index is 1.62. The van der Waals surface area contributed by atoms with Crippen LogP contribution in [-0.4, -0.2) is 38.0 Å². The summed E-state index contributed by atoms with van der Waals surface area (Å²) in [4.78, 5) is 0. The molecule has 0 fully saturated rings. The largest absolute Gasteiger partial charge is 0.389 e. The molecule has 0 saturated heterocycles. The van der Waals surface area contributed by atoms with Crippen LogP contribution in [0.2, 0.25) is 0 Å². The number of nitrogens with zero attached hydrogens (tertiary/aromatic N) is 4. The highest BCUT2D eigenvalue weighted by atomic mass is 16.3. The number of aliphatic hydroxyl groups is 1. The highest BCUT2D eigenvalue weighted by molar-refractivity contribution is 5.53. The van der Waals surface area contributed by atoms with Gasteiger partial charge in [-0.2, -0.15) is 0 Å². The van der Waals surface area contributed by atoms with Crippen molar-refractivity contribution in [3.05, 3.63) is 59.7 Å². The van der Waals surface area contributed by atoms with Crippen LogP contribution >= 0.6 is 0 Å². The van der Waals surface area contributed by atoms with Crippen molar-refractivity contribution in [2.75, 3.05) is 11.9 Å². The number of aliphatic hydroxyl groups excluding tert-OH is 1. The van der Waals surface area contributed by atoms with Crippen LogP contribution < -0.4 is 5.32 Å². The Morgan fingerprint density at radius 1 is 1.08 bits per heavy atom. The minimum absolute atomic E-state index is 0.328. The second-order valence-electron chi connectivity index (χ2n) is 5.88. The molecule has 1 unspecified atom stereocenters. The van der Waals surface area contributed by atoms with E-state index in [0.29, 0.717) is 18.9 Å². The topological polar surface area (TPSA) is 75.9 Å². The summed E-state index contributed by atoms with van der Waals surface area (Å²) in [5, 5.41) is 25.3. The van der Waals surface area contributed by atoms with E-state index < -0.39 is 6.10 Å². The number of tetrazole rings is 1. The predicted molar refractivity (Wildman–Crippen MR) is 93.7 cm³/mol. The van der Waals surface area contributed by atoms with Gasteiger partial charge < -0.3 is 10.4 Å². The first kappa shape index (κ1) is 16.1. The Bertz CT molecular complexity index is 800. The molecular weight excluding hydrogens is 302 g/mol. The predicted octanol–water partition coefficient (Wildman–Crippen LogP) is 2.43. The zero-order chi connectivity index (χ0) is 16.9. The number of hydrogen-bond donors (Lipinski definition) is 2. The summed E-state index contributed by atoms with van der Waals surface area (Å²) in [5.41, 5.74) is 4.40. The summed E-state index contributed by atoms with van der Waals surface area (Å²) in [6, 6.07) is 15.9. The van der Waals surface area contributed by atoms with E-state index in [1.165, 1.54) is 11.1 Å². The highest BCUT2D eigenvalue weighted by Crippen LogP contribution is 2.16. The summed E-state index contributed by atoms with van der Waals surface area (Å²) in [5.74, 6) is 0.654. The fourth-order valence-corrected chi connectivity index (χ4v) is 2.47. The van der Waals surface area contributed by atoms with Gasteiger partial charge in [0.15, 0.2) is 5.82 Å². The van der Waals surface area contributed by atoms with Crippen molar-refractivity contribution in [2.24, 2.45) is 0 Å². The first-order valence-corrected chi connectivity index (χ1v) is 7.94. The van der Waals surface area contributed by atoms with E-state index in [0.717, 1.165) is 11.3 Å². The molecule has 0 spiro atoms. The van der Waals surface area contributed by atoms with Gasteiger partial charge in [-0.25, -0.2) is 4.68 Å². The van der Waals surface area contributed by atoms with Crippen LogP contribution in [0.3, 0.4) is 0 Å². The van der Waals surface area contributed by atoms with Crippen LogP contribution in [0, 0.1) is 13.8 Å². The number of aromatic nitrogens is 4. The molecule has 6 heteroatoms. The number of benzene rings is 2. The number of hydrogen-bond acceptors (Lipinski definition) is 5. The molecule has 1 atom stereocenters. The van der Waals surface area contributed by atoms with Crippen LogP contribution in [0.1, 0.15) is 11.1 Å². The van der Waals surface area contributed by atoms with Crippen molar-refractivity contribution in [1.82, 2.24) is 20.2 Å². The summed E-state index contributed by atoms with van der Waals surface area (Å²) in [7, 11) is 0. The number of rotatable bonds is 6. The lowest BCUT2D eigenvalue weighted by atomic mass is 10.1. The van der Waals surface area contributed by atoms with Gasteiger partial charge in [-0.3, -0.25) is 0 Å². The fourth-order valence-electron chi connectivity index (χ4n) is 2.47. The molecule has 124 valence electrons. The van der Waals surface area contributed by atoms with Gasteiger partial charge in [-0.1, -0.05) is 36.4 Å². The molecule has 0 bridgehead atoms. The molecule has 0 saturated carbocycles. The third-order valence-corrected chi connectivity index (χ3v) is 4.00. The summed E-state index contributed by atoms with van der Waals surface area (Å²) >= 11 is 0. The van der Waals surface area contributed by atoms with E-state index >= 15 is 0 Å². The Labute approximate surface area is 141 Å². The minimum Gasteiger partial charge on any atom is -0.389 e.